The van der Waals surface area contributed by atoms with Crippen molar-refractivity contribution in [3.8, 4) is 0 Å². The van der Waals surface area contributed by atoms with Crippen LogP contribution in [0.25, 0.3) is 0 Å². The molecule has 80 heavy (non-hydrogen) atoms. The minimum absolute atomic E-state index is 0.0273. The first-order chi connectivity index (χ1) is 38.7. The molecular weight excluding hydrogens is 993 g/mol. The van der Waals surface area contributed by atoms with Gasteiger partial charge < -0.3 is 18.9 Å². The van der Waals surface area contributed by atoms with Crippen LogP contribution >= 0.6 is 0 Å². The summed E-state index contributed by atoms with van der Waals surface area (Å²) < 4.78 is 20.4. The Morgan fingerprint density at radius 2 is 0.287 bits per heavy atom. The molecule has 0 spiro atoms. The number of carbonyl (C=O) groups excluding carboxylic acids is 4. The lowest BCUT2D eigenvalue weighted by Gasteiger charge is -2.07. The molecule has 0 fully saturated rings. The molecule has 0 aromatic rings. The number of ether oxygens (including phenoxy) is 4. The van der Waals surface area contributed by atoms with E-state index in [4.69, 9.17) is 18.9 Å². The number of esters is 4. The lowest BCUT2D eigenvalue weighted by Crippen LogP contribution is -2.10. The highest BCUT2D eigenvalue weighted by Crippen LogP contribution is 2.17. The van der Waals surface area contributed by atoms with Crippen molar-refractivity contribution in [1.82, 2.24) is 0 Å². The van der Waals surface area contributed by atoms with Gasteiger partial charge in [-0.15, -0.1) is 0 Å². The summed E-state index contributed by atoms with van der Waals surface area (Å²) in [4.78, 5) is 45.2. The maximum atomic E-state index is 11.3. The number of unbranched alkanes of at least 4 members (excludes halogenated alkanes) is 44. The van der Waals surface area contributed by atoms with Gasteiger partial charge in [-0.1, -0.05) is 310 Å². The molecule has 0 rings (SSSR count). The van der Waals surface area contributed by atoms with E-state index in [1.54, 1.807) is 0 Å². The second-order valence-electron chi connectivity index (χ2n) is 24.7. The largest absolute Gasteiger partial charge is 0.463 e. The van der Waals surface area contributed by atoms with Gasteiger partial charge in [-0.3, -0.25) is 19.2 Å². The Hall–Kier alpha value is -2.12. The van der Waals surface area contributed by atoms with E-state index in [2.05, 4.69) is 27.7 Å². The molecule has 0 heterocycles. The van der Waals surface area contributed by atoms with Gasteiger partial charge in [0.25, 0.3) is 0 Å². The van der Waals surface area contributed by atoms with Gasteiger partial charge >= 0.3 is 23.9 Å². The van der Waals surface area contributed by atoms with Gasteiger partial charge in [0, 0.05) is 25.7 Å². The van der Waals surface area contributed by atoms with Crippen molar-refractivity contribution in [2.45, 2.75) is 441 Å². The van der Waals surface area contributed by atoms with E-state index in [0.29, 0.717) is 25.7 Å². The molecule has 0 saturated heterocycles. The SMILES string of the molecule is CCCCCCCCCCCCCC(=O)OC(C)C.CCCCCCCCCCCCCC(=O)OC(C)C.CCCCCCCCCCCCCCCC(=O)OC(C)C.CCCCCCCCCCCCCCCC(=O)OC(C)C. The Bertz CT molecular complexity index is 1120. The molecule has 0 atom stereocenters. The Morgan fingerprint density at radius 3 is 0.388 bits per heavy atom. The zero-order valence-corrected chi connectivity index (χ0v) is 56.3. The third-order valence-electron chi connectivity index (χ3n) is 14.4. The predicted octanol–water partition coefficient (Wildman–Crippen LogP) is 24.1. The van der Waals surface area contributed by atoms with Gasteiger partial charge in [0.2, 0.25) is 0 Å². The van der Waals surface area contributed by atoms with Gasteiger partial charge in [-0.25, -0.2) is 0 Å². The molecular formula is C72H144O8. The van der Waals surface area contributed by atoms with Crippen molar-refractivity contribution in [2.24, 2.45) is 0 Å². The van der Waals surface area contributed by atoms with Crippen LogP contribution in [0.2, 0.25) is 0 Å². The van der Waals surface area contributed by atoms with Gasteiger partial charge in [-0.2, -0.15) is 0 Å². The first kappa shape index (κ1) is 84.3. The van der Waals surface area contributed by atoms with Crippen molar-refractivity contribution in [2.75, 3.05) is 0 Å². The van der Waals surface area contributed by atoms with Gasteiger partial charge in [0.05, 0.1) is 24.4 Å². The second kappa shape index (κ2) is 73.0. The summed E-state index contributed by atoms with van der Waals surface area (Å²) in [6.45, 7) is 24.3. The molecule has 8 nitrogen and oxygen atoms in total. The van der Waals surface area contributed by atoms with Crippen LogP contribution in [0.5, 0.6) is 0 Å². The van der Waals surface area contributed by atoms with E-state index in [1.165, 1.54) is 283 Å². The van der Waals surface area contributed by atoms with Crippen molar-refractivity contribution >= 4 is 23.9 Å². The minimum atomic E-state index is -0.0362. The smallest absolute Gasteiger partial charge is 0.306 e. The van der Waals surface area contributed by atoms with Crippen LogP contribution in [0.3, 0.4) is 0 Å². The summed E-state index contributed by atoms with van der Waals surface area (Å²) in [7, 11) is 0. The highest BCUT2D eigenvalue weighted by molar-refractivity contribution is 5.70. The summed E-state index contributed by atoms with van der Waals surface area (Å²) >= 11 is 0. The van der Waals surface area contributed by atoms with E-state index >= 15 is 0 Å². The number of hydrogen-bond donors (Lipinski definition) is 0. The molecule has 0 saturated carbocycles. The fourth-order valence-corrected chi connectivity index (χ4v) is 9.73. The van der Waals surface area contributed by atoms with Gasteiger partial charge in [-0.05, 0) is 81.1 Å². The van der Waals surface area contributed by atoms with E-state index < -0.39 is 0 Å². The van der Waals surface area contributed by atoms with Gasteiger partial charge in [0.1, 0.15) is 0 Å². The second-order valence-corrected chi connectivity index (χ2v) is 24.7. The van der Waals surface area contributed by atoms with E-state index in [0.717, 1.165) is 25.7 Å². The predicted molar refractivity (Wildman–Crippen MR) is 348 cm³/mol. The number of carbonyl (C=O) groups is 4. The normalized spacial score (nSPS) is 11.0. The van der Waals surface area contributed by atoms with Crippen LogP contribution in [0, 0.1) is 0 Å². The quantitative estimate of drug-likeness (QED) is 0.0337. The third-order valence-corrected chi connectivity index (χ3v) is 14.4. The molecule has 480 valence electrons. The molecule has 0 amide bonds. The van der Waals surface area contributed by atoms with Crippen molar-refractivity contribution < 1.29 is 38.1 Å². The molecule has 0 unspecified atom stereocenters. The summed E-state index contributed by atoms with van der Waals surface area (Å²) in [5.74, 6) is -0.141. The standard InChI is InChI=1S/2C19H38O2.2C17H34O2/c2*1-4-5-6-7-8-9-10-11-12-13-14-15-16-17-19(20)21-18(2)3;2*1-4-5-6-7-8-9-10-11-12-13-14-15-17(18)19-16(2)3/h2*18H,4-17H2,1-3H3;2*16H,4-15H2,1-3H3. The van der Waals surface area contributed by atoms with Crippen LogP contribution in [-0.2, 0) is 38.1 Å². The maximum absolute atomic E-state index is 11.3. The Labute approximate surface area is 501 Å². The first-order valence-electron chi connectivity index (χ1n) is 35.4. The lowest BCUT2D eigenvalue weighted by atomic mass is 10.0. The molecule has 0 aromatic carbocycles. The molecule has 0 aliphatic carbocycles. The molecule has 0 aliphatic rings. The van der Waals surface area contributed by atoms with E-state index in [9.17, 15) is 19.2 Å². The lowest BCUT2D eigenvalue weighted by molar-refractivity contribution is -0.148. The van der Waals surface area contributed by atoms with Crippen molar-refractivity contribution in [1.29, 1.82) is 0 Å². The maximum Gasteiger partial charge on any atom is 0.306 e. The summed E-state index contributed by atoms with van der Waals surface area (Å²) in [6, 6.07) is 0. The highest BCUT2D eigenvalue weighted by atomic mass is 16.6. The molecule has 0 aliphatic heterocycles. The fraction of sp³-hybridized carbons (Fsp3) is 0.944. The van der Waals surface area contributed by atoms with Crippen LogP contribution in [0.15, 0.2) is 0 Å². The zero-order chi connectivity index (χ0) is 60.2. The molecule has 0 N–H and O–H groups in total. The van der Waals surface area contributed by atoms with Crippen molar-refractivity contribution in [3.63, 3.8) is 0 Å². The van der Waals surface area contributed by atoms with Crippen LogP contribution in [0.4, 0.5) is 0 Å². The summed E-state index contributed by atoms with van der Waals surface area (Å²) in [5.41, 5.74) is 0. The Morgan fingerprint density at radius 1 is 0.188 bits per heavy atom. The Balaban J connectivity index is -0.000000482. The number of rotatable bonds is 56. The zero-order valence-electron chi connectivity index (χ0n) is 56.3. The van der Waals surface area contributed by atoms with E-state index in [-0.39, 0.29) is 48.3 Å². The molecule has 8 heteroatoms. The highest BCUT2D eigenvalue weighted by Gasteiger charge is 2.08. The van der Waals surface area contributed by atoms with Gasteiger partial charge in [0.15, 0.2) is 0 Å². The number of hydrogen-bond acceptors (Lipinski definition) is 8. The molecule has 0 radical (unpaired) electrons. The Kier molecular flexibility index (Phi) is 76.9. The monoisotopic (exact) mass is 1140 g/mol. The topological polar surface area (TPSA) is 105 Å². The summed E-state index contributed by atoms with van der Waals surface area (Å²) in [5, 5.41) is 0. The van der Waals surface area contributed by atoms with Crippen molar-refractivity contribution in [3.05, 3.63) is 0 Å². The molecule has 0 aromatic heterocycles. The van der Waals surface area contributed by atoms with Crippen LogP contribution in [-0.4, -0.2) is 48.3 Å². The molecule has 0 bridgehead atoms. The minimum Gasteiger partial charge on any atom is -0.463 e. The first-order valence-corrected chi connectivity index (χ1v) is 35.4. The summed E-state index contributed by atoms with van der Waals surface area (Å²) in [6.07, 6.45) is 66.2. The van der Waals surface area contributed by atoms with Crippen LogP contribution < -0.4 is 0 Å². The van der Waals surface area contributed by atoms with E-state index in [1.807, 2.05) is 55.4 Å². The average molecular weight is 1140 g/mol. The fourth-order valence-electron chi connectivity index (χ4n) is 9.73. The third kappa shape index (κ3) is 87.1. The average Bonchev–Trinajstić information content (AvgIpc) is 3.39. The van der Waals surface area contributed by atoms with Crippen LogP contribution in [0.1, 0.15) is 417 Å².